The van der Waals surface area contributed by atoms with Crippen molar-refractivity contribution in [3.05, 3.63) is 57.5 Å². The summed E-state index contributed by atoms with van der Waals surface area (Å²) in [7, 11) is 0. The van der Waals surface area contributed by atoms with Gasteiger partial charge in [0.25, 0.3) is 5.56 Å². The number of carbonyl (C=O) groups is 1. The van der Waals surface area contributed by atoms with E-state index in [0.717, 1.165) is 4.88 Å². The third-order valence-corrected chi connectivity index (χ3v) is 4.56. The molecule has 6 nitrogen and oxygen atoms in total. The first-order valence-corrected chi connectivity index (χ1v) is 8.67. The molecule has 0 radical (unpaired) electrons. The lowest BCUT2D eigenvalue weighted by molar-refractivity contribution is -0.145. The van der Waals surface area contributed by atoms with Crippen LogP contribution in [-0.2, 0) is 16.1 Å². The Labute approximate surface area is 148 Å². The quantitative estimate of drug-likeness (QED) is 0.500. The standard InChI is InChI=1S/C18H18N2O4S/c1-12-10-15-17(25-12)19-13(2)20(18(15)22)11-16(21)24-9-8-23-14-6-4-3-5-7-14/h3-7,10H,8-9,11H2,1-2H3. The van der Waals surface area contributed by atoms with E-state index in [1.54, 1.807) is 13.0 Å². The summed E-state index contributed by atoms with van der Waals surface area (Å²) >= 11 is 1.47. The predicted molar refractivity (Wildman–Crippen MR) is 96.3 cm³/mol. The van der Waals surface area contributed by atoms with Gasteiger partial charge in [0.1, 0.15) is 36.2 Å². The number of benzene rings is 1. The third-order valence-electron chi connectivity index (χ3n) is 3.61. The van der Waals surface area contributed by atoms with Crippen molar-refractivity contribution in [2.24, 2.45) is 0 Å². The molecule has 130 valence electrons. The van der Waals surface area contributed by atoms with E-state index in [1.165, 1.54) is 15.9 Å². The summed E-state index contributed by atoms with van der Waals surface area (Å²) in [5.41, 5.74) is -0.218. The van der Waals surface area contributed by atoms with Crippen LogP contribution in [0.15, 0.2) is 41.2 Å². The lowest BCUT2D eigenvalue weighted by Crippen LogP contribution is -2.28. The molecule has 7 heteroatoms. The number of nitrogens with zero attached hydrogens (tertiary/aromatic N) is 2. The number of thiophene rings is 1. The molecule has 0 amide bonds. The average molecular weight is 358 g/mol. The number of carbonyl (C=O) groups excluding carboxylic acids is 1. The first-order chi connectivity index (χ1) is 12.0. The molecule has 2 heterocycles. The normalized spacial score (nSPS) is 10.8. The summed E-state index contributed by atoms with van der Waals surface area (Å²) in [6, 6.07) is 11.1. The number of esters is 1. The third kappa shape index (κ3) is 4.06. The maximum atomic E-state index is 12.5. The molecule has 0 bridgehead atoms. The summed E-state index contributed by atoms with van der Waals surface area (Å²) in [4.78, 5) is 30.6. The molecule has 25 heavy (non-hydrogen) atoms. The number of hydrogen-bond donors (Lipinski definition) is 0. The van der Waals surface area contributed by atoms with Gasteiger partial charge in [0, 0.05) is 4.88 Å². The maximum Gasteiger partial charge on any atom is 0.326 e. The molecule has 0 N–H and O–H groups in total. The fraction of sp³-hybridized carbons (Fsp3) is 0.278. The Kier molecular flexibility index (Phi) is 5.14. The van der Waals surface area contributed by atoms with E-state index >= 15 is 0 Å². The molecule has 3 aromatic rings. The summed E-state index contributed by atoms with van der Waals surface area (Å²) in [6.45, 7) is 3.85. The van der Waals surface area contributed by atoms with E-state index in [9.17, 15) is 9.59 Å². The van der Waals surface area contributed by atoms with Gasteiger partial charge in [0.2, 0.25) is 0 Å². The van der Waals surface area contributed by atoms with Crippen molar-refractivity contribution in [3.8, 4) is 5.75 Å². The molecule has 3 rings (SSSR count). The molecular weight excluding hydrogens is 340 g/mol. The smallest absolute Gasteiger partial charge is 0.326 e. The van der Waals surface area contributed by atoms with Gasteiger partial charge in [0.15, 0.2) is 0 Å². The number of hydrogen-bond acceptors (Lipinski definition) is 6. The van der Waals surface area contributed by atoms with Crippen LogP contribution in [0.2, 0.25) is 0 Å². The Balaban J connectivity index is 1.59. The van der Waals surface area contributed by atoms with Crippen LogP contribution in [-0.4, -0.2) is 28.7 Å². The van der Waals surface area contributed by atoms with Crippen molar-refractivity contribution in [1.82, 2.24) is 9.55 Å². The van der Waals surface area contributed by atoms with Gasteiger partial charge in [-0.3, -0.25) is 14.2 Å². The highest BCUT2D eigenvalue weighted by atomic mass is 32.1. The number of para-hydroxylation sites is 1. The zero-order valence-electron chi connectivity index (χ0n) is 14.0. The van der Waals surface area contributed by atoms with Gasteiger partial charge >= 0.3 is 5.97 Å². The van der Waals surface area contributed by atoms with Crippen LogP contribution in [0.1, 0.15) is 10.7 Å². The fourth-order valence-electron chi connectivity index (χ4n) is 2.43. The second kappa shape index (κ2) is 7.48. The minimum Gasteiger partial charge on any atom is -0.490 e. The van der Waals surface area contributed by atoms with Gasteiger partial charge in [-0.1, -0.05) is 18.2 Å². The second-order valence-electron chi connectivity index (χ2n) is 5.51. The molecule has 0 aliphatic rings. The van der Waals surface area contributed by atoms with E-state index in [-0.39, 0.29) is 25.3 Å². The van der Waals surface area contributed by atoms with Gasteiger partial charge in [-0.05, 0) is 32.0 Å². The Hall–Kier alpha value is -2.67. The molecule has 0 saturated carbocycles. The molecule has 0 atom stereocenters. The van der Waals surface area contributed by atoms with Crippen LogP contribution in [0, 0.1) is 13.8 Å². The molecule has 1 aromatic carbocycles. The predicted octanol–water partition coefficient (Wildman–Crippen LogP) is 2.70. The van der Waals surface area contributed by atoms with Crippen LogP contribution < -0.4 is 10.3 Å². The zero-order chi connectivity index (χ0) is 17.8. The average Bonchev–Trinajstić information content (AvgIpc) is 2.97. The van der Waals surface area contributed by atoms with Crippen molar-refractivity contribution in [2.45, 2.75) is 20.4 Å². The van der Waals surface area contributed by atoms with Crippen LogP contribution in [0.25, 0.3) is 10.2 Å². The molecule has 0 aliphatic carbocycles. The van der Waals surface area contributed by atoms with Crippen LogP contribution >= 0.6 is 11.3 Å². The lowest BCUT2D eigenvalue weighted by Gasteiger charge is -2.10. The van der Waals surface area contributed by atoms with Gasteiger partial charge < -0.3 is 9.47 Å². The van der Waals surface area contributed by atoms with Gasteiger partial charge in [0.05, 0.1) is 5.39 Å². The summed E-state index contributed by atoms with van der Waals surface area (Å²) in [5.74, 6) is 0.722. The van der Waals surface area contributed by atoms with Crippen molar-refractivity contribution >= 4 is 27.5 Å². The summed E-state index contributed by atoms with van der Waals surface area (Å²) in [5, 5.41) is 0.535. The summed E-state index contributed by atoms with van der Waals surface area (Å²) < 4.78 is 11.9. The molecule has 0 unspecified atom stereocenters. The van der Waals surface area contributed by atoms with Gasteiger partial charge in [-0.15, -0.1) is 11.3 Å². The molecule has 0 aliphatic heterocycles. The van der Waals surface area contributed by atoms with Crippen molar-refractivity contribution < 1.29 is 14.3 Å². The Morgan fingerprint density at radius 1 is 1.20 bits per heavy atom. The van der Waals surface area contributed by atoms with Crippen LogP contribution in [0.4, 0.5) is 0 Å². The molecule has 0 fully saturated rings. The number of aromatic nitrogens is 2. The van der Waals surface area contributed by atoms with E-state index in [4.69, 9.17) is 9.47 Å². The van der Waals surface area contributed by atoms with Crippen molar-refractivity contribution in [1.29, 1.82) is 0 Å². The minimum absolute atomic E-state index is 0.120. The van der Waals surface area contributed by atoms with Crippen molar-refractivity contribution in [3.63, 3.8) is 0 Å². The molecular formula is C18H18N2O4S. The molecule has 0 spiro atoms. The zero-order valence-corrected chi connectivity index (χ0v) is 14.8. The Morgan fingerprint density at radius 2 is 1.96 bits per heavy atom. The Bertz CT molecular complexity index is 947. The topological polar surface area (TPSA) is 70.4 Å². The van der Waals surface area contributed by atoms with E-state index in [2.05, 4.69) is 4.98 Å². The molecule has 2 aromatic heterocycles. The summed E-state index contributed by atoms with van der Waals surface area (Å²) in [6.07, 6.45) is 0. The first-order valence-electron chi connectivity index (χ1n) is 7.85. The van der Waals surface area contributed by atoms with E-state index in [1.807, 2.05) is 37.3 Å². The highest BCUT2D eigenvalue weighted by molar-refractivity contribution is 7.18. The van der Waals surface area contributed by atoms with E-state index in [0.29, 0.717) is 21.8 Å². The lowest BCUT2D eigenvalue weighted by atomic mass is 10.3. The van der Waals surface area contributed by atoms with Crippen LogP contribution in [0.5, 0.6) is 5.75 Å². The number of aryl methyl sites for hydroxylation is 2. The van der Waals surface area contributed by atoms with Crippen molar-refractivity contribution in [2.75, 3.05) is 13.2 Å². The van der Waals surface area contributed by atoms with Gasteiger partial charge in [-0.25, -0.2) is 4.98 Å². The fourth-order valence-corrected chi connectivity index (χ4v) is 3.35. The molecule has 0 saturated heterocycles. The second-order valence-corrected chi connectivity index (χ2v) is 6.74. The monoisotopic (exact) mass is 358 g/mol. The number of rotatable bonds is 6. The highest BCUT2D eigenvalue weighted by Gasteiger charge is 2.14. The minimum atomic E-state index is -0.491. The highest BCUT2D eigenvalue weighted by Crippen LogP contribution is 2.20. The SMILES string of the molecule is Cc1cc2c(=O)n(CC(=O)OCCOc3ccccc3)c(C)nc2s1. The maximum absolute atomic E-state index is 12.5. The number of ether oxygens (including phenoxy) is 2. The Morgan fingerprint density at radius 3 is 2.72 bits per heavy atom. The number of fused-ring (bicyclic) bond motifs is 1. The van der Waals surface area contributed by atoms with Gasteiger partial charge in [-0.2, -0.15) is 0 Å². The largest absolute Gasteiger partial charge is 0.490 e. The van der Waals surface area contributed by atoms with Crippen LogP contribution in [0.3, 0.4) is 0 Å². The first kappa shape index (κ1) is 17.2. The van der Waals surface area contributed by atoms with E-state index < -0.39 is 5.97 Å².